The highest BCUT2D eigenvalue weighted by Gasteiger charge is 2.20. The molecule has 2 aromatic rings. The molecule has 0 aliphatic heterocycles. The molecule has 0 aromatic heterocycles. The first-order valence-electron chi connectivity index (χ1n) is 7.59. The van der Waals surface area contributed by atoms with E-state index < -0.39 is 19.9 Å². The summed E-state index contributed by atoms with van der Waals surface area (Å²) in [4.78, 5) is 0.173. The second-order valence-corrected chi connectivity index (χ2v) is 9.29. The molecule has 1 N–H and O–H groups in total. The Kier molecular flexibility index (Phi) is 5.54. The number of aryl methyl sites for hydroxylation is 3. The van der Waals surface area contributed by atoms with Crippen LogP contribution in [0.3, 0.4) is 0 Å². The zero-order chi connectivity index (χ0) is 19.5. The van der Waals surface area contributed by atoms with E-state index in [0.29, 0.717) is 11.1 Å². The van der Waals surface area contributed by atoms with Gasteiger partial charge in [0.2, 0.25) is 9.84 Å². The molecule has 0 atom stereocenters. The lowest BCUT2D eigenvalue weighted by molar-refractivity contribution is 0.599. The Morgan fingerprint density at radius 2 is 1.50 bits per heavy atom. The number of nitriles is 1. The van der Waals surface area contributed by atoms with Crippen molar-refractivity contribution in [1.29, 1.82) is 5.26 Å². The van der Waals surface area contributed by atoms with Gasteiger partial charge in [-0.15, -0.1) is 0 Å². The Bertz CT molecular complexity index is 1090. The third-order valence-electron chi connectivity index (χ3n) is 3.63. The summed E-state index contributed by atoms with van der Waals surface area (Å²) in [6, 6.07) is 10.5. The topological polar surface area (TPSA) is 104 Å². The predicted molar refractivity (Wildman–Crippen MR) is 99.8 cm³/mol. The van der Waals surface area contributed by atoms with Crippen LogP contribution in [0, 0.1) is 32.1 Å². The fourth-order valence-corrected chi connectivity index (χ4v) is 5.13. The number of sulfonamides is 1. The maximum atomic E-state index is 12.7. The van der Waals surface area contributed by atoms with Gasteiger partial charge < -0.3 is 0 Å². The minimum absolute atomic E-state index is 0.0327. The molecule has 0 amide bonds. The third-order valence-corrected chi connectivity index (χ3v) is 6.74. The van der Waals surface area contributed by atoms with Crippen LogP contribution in [0.5, 0.6) is 0 Å². The molecule has 0 saturated heterocycles. The molecule has 0 fully saturated rings. The maximum absolute atomic E-state index is 12.7. The summed E-state index contributed by atoms with van der Waals surface area (Å²) in [5, 5.41) is 9.24. The van der Waals surface area contributed by atoms with Gasteiger partial charge in [-0.05, 0) is 56.2 Å². The van der Waals surface area contributed by atoms with E-state index in [9.17, 15) is 16.8 Å². The number of allylic oxidation sites excluding steroid dienone is 1. The van der Waals surface area contributed by atoms with E-state index in [1.165, 1.54) is 24.3 Å². The zero-order valence-electron chi connectivity index (χ0n) is 14.5. The van der Waals surface area contributed by atoms with E-state index in [0.717, 1.165) is 17.0 Å². The molecule has 2 rings (SSSR count). The molecule has 6 nitrogen and oxygen atoms in total. The van der Waals surface area contributed by atoms with Gasteiger partial charge in [-0.3, -0.25) is 4.72 Å². The number of anilines is 1. The van der Waals surface area contributed by atoms with Crippen molar-refractivity contribution in [2.75, 3.05) is 4.72 Å². The van der Waals surface area contributed by atoms with Crippen molar-refractivity contribution in [3.63, 3.8) is 0 Å². The highest BCUT2D eigenvalue weighted by Crippen LogP contribution is 2.25. The van der Waals surface area contributed by atoms with Crippen LogP contribution in [0.2, 0.25) is 0 Å². The lowest BCUT2D eigenvalue weighted by Gasteiger charge is -2.14. The van der Waals surface area contributed by atoms with Gasteiger partial charge in [0.15, 0.2) is 0 Å². The SMILES string of the molecule is Cc1cc(C)c(S(=O)(=O)Nc2ccc(S(=O)(=O)C=CC#N)cc2)c(C)c1. The molecular weight excluding hydrogens is 372 g/mol. The quantitative estimate of drug-likeness (QED) is 0.789. The van der Waals surface area contributed by atoms with Gasteiger partial charge in [-0.2, -0.15) is 5.26 Å². The smallest absolute Gasteiger partial charge is 0.262 e. The van der Waals surface area contributed by atoms with Gasteiger partial charge >= 0.3 is 0 Å². The van der Waals surface area contributed by atoms with Crippen molar-refractivity contribution in [3.8, 4) is 6.07 Å². The fourth-order valence-electron chi connectivity index (χ4n) is 2.71. The van der Waals surface area contributed by atoms with Gasteiger partial charge in [-0.25, -0.2) is 16.8 Å². The average molecular weight is 390 g/mol. The molecular formula is C18H18N2O4S2. The van der Waals surface area contributed by atoms with Crippen LogP contribution in [0.4, 0.5) is 5.69 Å². The Balaban J connectivity index is 2.35. The normalized spacial score (nSPS) is 12.1. The van der Waals surface area contributed by atoms with Gasteiger partial charge in [0.25, 0.3) is 10.0 Å². The first kappa shape index (κ1) is 19.7. The number of nitrogens with one attached hydrogen (secondary N) is 1. The molecule has 136 valence electrons. The Labute approximate surface area is 153 Å². The number of hydrogen-bond acceptors (Lipinski definition) is 5. The van der Waals surface area contributed by atoms with Crippen LogP contribution in [-0.2, 0) is 19.9 Å². The summed E-state index contributed by atoms with van der Waals surface area (Å²) in [6.45, 7) is 5.35. The van der Waals surface area contributed by atoms with Crippen LogP contribution in [0.25, 0.3) is 0 Å². The van der Waals surface area contributed by atoms with E-state index in [2.05, 4.69) is 4.72 Å². The van der Waals surface area contributed by atoms with Crippen LogP contribution in [-0.4, -0.2) is 16.8 Å². The van der Waals surface area contributed by atoms with Crippen LogP contribution < -0.4 is 4.72 Å². The van der Waals surface area contributed by atoms with E-state index in [1.807, 2.05) is 6.92 Å². The molecule has 0 aliphatic carbocycles. The van der Waals surface area contributed by atoms with Crippen LogP contribution >= 0.6 is 0 Å². The molecule has 26 heavy (non-hydrogen) atoms. The van der Waals surface area contributed by atoms with Crippen molar-refractivity contribution in [2.24, 2.45) is 0 Å². The summed E-state index contributed by atoms with van der Waals surface area (Å²) >= 11 is 0. The van der Waals surface area contributed by atoms with Gasteiger partial charge in [0, 0.05) is 17.2 Å². The molecule has 0 spiro atoms. The van der Waals surface area contributed by atoms with E-state index in [-0.39, 0.29) is 15.5 Å². The minimum Gasteiger partial charge on any atom is -0.280 e. The number of sulfone groups is 1. The maximum Gasteiger partial charge on any atom is 0.262 e. The summed E-state index contributed by atoms with van der Waals surface area (Å²) in [7, 11) is -7.54. The third kappa shape index (κ3) is 4.31. The molecule has 0 radical (unpaired) electrons. The summed E-state index contributed by atoms with van der Waals surface area (Å²) < 4.78 is 51.8. The summed E-state index contributed by atoms with van der Waals surface area (Å²) in [6.07, 6.45) is 0.870. The van der Waals surface area contributed by atoms with E-state index in [1.54, 1.807) is 32.0 Å². The zero-order valence-corrected chi connectivity index (χ0v) is 16.1. The summed E-state index contributed by atoms with van der Waals surface area (Å²) in [5.41, 5.74) is 2.48. The van der Waals surface area contributed by atoms with Crippen molar-refractivity contribution >= 4 is 25.5 Å². The Hall–Kier alpha value is -2.63. The molecule has 0 unspecified atom stereocenters. The molecule has 8 heteroatoms. The van der Waals surface area contributed by atoms with Crippen molar-refractivity contribution in [3.05, 3.63) is 64.6 Å². The number of hydrogen-bond donors (Lipinski definition) is 1. The number of benzene rings is 2. The number of rotatable bonds is 5. The highest BCUT2D eigenvalue weighted by molar-refractivity contribution is 7.94. The largest absolute Gasteiger partial charge is 0.280 e. The molecule has 0 aliphatic rings. The molecule has 2 aromatic carbocycles. The minimum atomic E-state index is -3.81. The van der Waals surface area contributed by atoms with Crippen LogP contribution in [0.1, 0.15) is 16.7 Å². The lowest BCUT2D eigenvalue weighted by Crippen LogP contribution is -2.16. The number of nitrogens with zero attached hydrogens (tertiary/aromatic N) is 1. The Morgan fingerprint density at radius 1 is 0.962 bits per heavy atom. The second-order valence-electron chi connectivity index (χ2n) is 5.83. The van der Waals surface area contributed by atoms with E-state index >= 15 is 0 Å². The average Bonchev–Trinajstić information content (AvgIpc) is 2.51. The molecule has 0 heterocycles. The van der Waals surface area contributed by atoms with E-state index in [4.69, 9.17) is 5.26 Å². The van der Waals surface area contributed by atoms with Crippen molar-refractivity contribution in [1.82, 2.24) is 0 Å². The second kappa shape index (κ2) is 7.32. The first-order valence-corrected chi connectivity index (χ1v) is 10.6. The highest BCUT2D eigenvalue weighted by atomic mass is 32.2. The first-order chi connectivity index (χ1) is 12.1. The molecule has 0 bridgehead atoms. The van der Waals surface area contributed by atoms with Crippen molar-refractivity contribution in [2.45, 2.75) is 30.6 Å². The van der Waals surface area contributed by atoms with Gasteiger partial charge in [-0.1, -0.05) is 17.7 Å². The van der Waals surface area contributed by atoms with Gasteiger partial charge in [0.1, 0.15) is 0 Å². The monoisotopic (exact) mass is 390 g/mol. The lowest BCUT2D eigenvalue weighted by atomic mass is 10.1. The standard InChI is InChI=1S/C18H18N2O4S2/c1-13-11-14(2)18(15(3)12-13)26(23,24)20-16-5-7-17(8-6-16)25(21,22)10-4-9-19/h4-8,10-12,20H,1-3H3. The van der Waals surface area contributed by atoms with Crippen molar-refractivity contribution < 1.29 is 16.8 Å². The predicted octanol–water partition coefficient (Wildman–Crippen LogP) is 3.22. The molecule has 0 saturated carbocycles. The van der Waals surface area contributed by atoms with Crippen LogP contribution in [0.15, 0.2) is 57.7 Å². The van der Waals surface area contributed by atoms with Gasteiger partial charge in [0.05, 0.1) is 15.9 Å². The fraction of sp³-hybridized carbons (Fsp3) is 0.167. The Morgan fingerprint density at radius 3 is 2.00 bits per heavy atom. The summed E-state index contributed by atoms with van der Waals surface area (Å²) in [5.74, 6) is 0.